The predicted octanol–water partition coefficient (Wildman–Crippen LogP) is 3.34. The summed E-state index contributed by atoms with van der Waals surface area (Å²) in [5, 5.41) is 2.93. The third-order valence-electron chi connectivity index (χ3n) is 3.67. The standard InChI is InChI=1S/C18H20Cl2N2O4S/c1-26-12-6-11-21-17(23)13-22(16-10-5-9-15(19)18(16)20)27(24,25)14-7-3-2-4-8-14/h2-5,7-10H,6,11-13H2,1H3,(H,21,23). The van der Waals surface area contributed by atoms with Gasteiger partial charge in [0.25, 0.3) is 10.0 Å². The molecule has 0 aromatic heterocycles. The van der Waals surface area contributed by atoms with Crippen LogP contribution in [0.5, 0.6) is 0 Å². The van der Waals surface area contributed by atoms with Crippen LogP contribution in [-0.4, -0.2) is 41.1 Å². The summed E-state index contributed by atoms with van der Waals surface area (Å²) in [6, 6.07) is 12.5. The number of rotatable bonds is 9. The van der Waals surface area contributed by atoms with Gasteiger partial charge in [-0.1, -0.05) is 47.5 Å². The van der Waals surface area contributed by atoms with Crippen molar-refractivity contribution in [3.8, 4) is 0 Å². The van der Waals surface area contributed by atoms with Crippen LogP contribution < -0.4 is 9.62 Å². The number of hydrogen-bond donors (Lipinski definition) is 1. The number of anilines is 1. The van der Waals surface area contributed by atoms with Crippen LogP contribution in [0.2, 0.25) is 10.0 Å². The fraction of sp³-hybridized carbons (Fsp3) is 0.278. The molecule has 1 amide bonds. The maximum Gasteiger partial charge on any atom is 0.264 e. The number of carbonyl (C=O) groups excluding carboxylic acids is 1. The zero-order valence-electron chi connectivity index (χ0n) is 14.7. The molecule has 0 radical (unpaired) electrons. The lowest BCUT2D eigenvalue weighted by Crippen LogP contribution is -2.41. The lowest BCUT2D eigenvalue weighted by molar-refractivity contribution is -0.119. The molecule has 146 valence electrons. The van der Waals surface area contributed by atoms with Crippen LogP contribution in [0.15, 0.2) is 53.4 Å². The molecule has 0 atom stereocenters. The van der Waals surface area contributed by atoms with Gasteiger partial charge in [0.15, 0.2) is 0 Å². The first-order chi connectivity index (χ1) is 12.9. The number of sulfonamides is 1. The van der Waals surface area contributed by atoms with E-state index >= 15 is 0 Å². The minimum Gasteiger partial charge on any atom is -0.385 e. The Kier molecular flexibility index (Phi) is 7.91. The number of halogens is 2. The molecule has 0 saturated carbocycles. The molecule has 0 fully saturated rings. The summed E-state index contributed by atoms with van der Waals surface area (Å²) in [5.41, 5.74) is 0.139. The summed E-state index contributed by atoms with van der Waals surface area (Å²) in [7, 11) is -2.45. The van der Waals surface area contributed by atoms with Gasteiger partial charge >= 0.3 is 0 Å². The Labute approximate surface area is 169 Å². The van der Waals surface area contributed by atoms with Crippen LogP contribution in [0.1, 0.15) is 6.42 Å². The first-order valence-corrected chi connectivity index (χ1v) is 10.3. The first kappa shape index (κ1) is 21.5. The van der Waals surface area contributed by atoms with E-state index in [4.69, 9.17) is 27.9 Å². The van der Waals surface area contributed by atoms with Gasteiger partial charge in [-0.05, 0) is 30.7 Å². The quantitative estimate of drug-likeness (QED) is 0.618. The molecule has 0 aliphatic heterocycles. The van der Waals surface area contributed by atoms with Gasteiger partial charge in [-0.3, -0.25) is 9.10 Å². The summed E-state index contributed by atoms with van der Waals surface area (Å²) in [6.45, 7) is 0.436. The lowest BCUT2D eigenvalue weighted by atomic mass is 10.3. The number of methoxy groups -OCH3 is 1. The maximum atomic E-state index is 13.1. The Morgan fingerprint density at radius 3 is 2.48 bits per heavy atom. The van der Waals surface area contributed by atoms with E-state index in [0.717, 1.165) is 4.31 Å². The Balaban J connectivity index is 2.35. The van der Waals surface area contributed by atoms with E-state index in [1.165, 1.54) is 18.2 Å². The topological polar surface area (TPSA) is 75.7 Å². The summed E-state index contributed by atoms with van der Waals surface area (Å²) in [6.07, 6.45) is 0.617. The third-order valence-corrected chi connectivity index (χ3v) is 6.25. The highest BCUT2D eigenvalue weighted by Crippen LogP contribution is 2.35. The molecule has 2 aromatic carbocycles. The number of nitrogens with one attached hydrogen (secondary N) is 1. The van der Waals surface area contributed by atoms with E-state index in [-0.39, 0.29) is 20.6 Å². The lowest BCUT2D eigenvalue weighted by Gasteiger charge is -2.25. The highest BCUT2D eigenvalue weighted by Gasteiger charge is 2.29. The average Bonchev–Trinajstić information content (AvgIpc) is 2.66. The molecule has 2 rings (SSSR count). The minimum atomic E-state index is -4.02. The van der Waals surface area contributed by atoms with E-state index in [2.05, 4.69) is 5.32 Å². The average molecular weight is 431 g/mol. The second-order valence-electron chi connectivity index (χ2n) is 5.59. The molecule has 9 heteroatoms. The summed E-state index contributed by atoms with van der Waals surface area (Å²) in [5.74, 6) is -0.457. The zero-order chi connectivity index (χ0) is 19.9. The summed E-state index contributed by atoms with van der Waals surface area (Å²) in [4.78, 5) is 12.4. The predicted molar refractivity (Wildman–Crippen MR) is 107 cm³/mol. The largest absolute Gasteiger partial charge is 0.385 e. The number of hydrogen-bond acceptors (Lipinski definition) is 4. The van der Waals surface area contributed by atoms with Crippen molar-refractivity contribution in [2.75, 3.05) is 31.1 Å². The number of ether oxygens (including phenoxy) is 1. The van der Waals surface area contributed by atoms with Crippen LogP contribution in [-0.2, 0) is 19.6 Å². The second kappa shape index (κ2) is 9.94. The molecule has 0 aliphatic rings. The molecule has 6 nitrogen and oxygen atoms in total. The van der Waals surface area contributed by atoms with Crippen LogP contribution in [0.4, 0.5) is 5.69 Å². The number of benzene rings is 2. The van der Waals surface area contributed by atoms with Gasteiger partial charge in [-0.25, -0.2) is 8.42 Å². The molecule has 0 aliphatic carbocycles. The van der Waals surface area contributed by atoms with E-state index < -0.39 is 22.5 Å². The van der Waals surface area contributed by atoms with Gasteiger partial charge < -0.3 is 10.1 Å². The van der Waals surface area contributed by atoms with Gasteiger partial charge in [-0.15, -0.1) is 0 Å². The van der Waals surface area contributed by atoms with Crippen molar-refractivity contribution >= 4 is 44.8 Å². The second-order valence-corrected chi connectivity index (χ2v) is 8.24. The molecule has 0 spiro atoms. The fourth-order valence-corrected chi connectivity index (χ4v) is 4.24. The zero-order valence-corrected chi connectivity index (χ0v) is 17.0. The van der Waals surface area contributed by atoms with Crippen molar-refractivity contribution in [3.63, 3.8) is 0 Å². The van der Waals surface area contributed by atoms with E-state index in [1.54, 1.807) is 37.4 Å². The molecule has 27 heavy (non-hydrogen) atoms. The molecule has 0 unspecified atom stereocenters. The molecular formula is C18H20Cl2N2O4S. The van der Waals surface area contributed by atoms with Gasteiger partial charge in [-0.2, -0.15) is 0 Å². The van der Waals surface area contributed by atoms with Crippen molar-refractivity contribution in [1.82, 2.24) is 5.32 Å². The smallest absolute Gasteiger partial charge is 0.264 e. The minimum absolute atomic E-state index is 0.0493. The van der Waals surface area contributed by atoms with Crippen molar-refractivity contribution in [2.45, 2.75) is 11.3 Å². The summed E-state index contributed by atoms with van der Waals surface area (Å²) >= 11 is 12.3. The molecule has 1 N–H and O–H groups in total. The van der Waals surface area contributed by atoms with Crippen LogP contribution in [0.3, 0.4) is 0 Å². The van der Waals surface area contributed by atoms with Crippen molar-refractivity contribution < 1.29 is 17.9 Å². The Hall–Kier alpha value is -1.80. The van der Waals surface area contributed by atoms with E-state index in [0.29, 0.717) is 19.6 Å². The number of carbonyl (C=O) groups is 1. The first-order valence-electron chi connectivity index (χ1n) is 8.15. The number of nitrogens with zero attached hydrogens (tertiary/aromatic N) is 1. The van der Waals surface area contributed by atoms with Gasteiger partial charge in [0.1, 0.15) is 6.54 Å². The SMILES string of the molecule is COCCCNC(=O)CN(c1cccc(Cl)c1Cl)S(=O)(=O)c1ccccc1. The van der Waals surface area contributed by atoms with Crippen molar-refractivity contribution in [2.24, 2.45) is 0 Å². The Morgan fingerprint density at radius 1 is 1.11 bits per heavy atom. The third kappa shape index (κ3) is 5.59. The van der Waals surface area contributed by atoms with Gasteiger partial charge in [0, 0.05) is 20.3 Å². The van der Waals surface area contributed by atoms with E-state index in [1.807, 2.05) is 0 Å². The van der Waals surface area contributed by atoms with Gasteiger partial charge in [0.2, 0.25) is 5.91 Å². The molecular weight excluding hydrogens is 411 g/mol. The maximum absolute atomic E-state index is 13.1. The fourth-order valence-electron chi connectivity index (χ4n) is 2.34. The molecule has 0 bridgehead atoms. The molecule has 0 heterocycles. The highest BCUT2D eigenvalue weighted by molar-refractivity contribution is 7.92. The molecule has 2 aromatic rings. The van der Waals surface area contributed by atoms with Crippen LogP contribution in [0.25, 0.3) is 0 Å². The van der Waals surface area contributed by atoms with Crippen molar-refractivity contribution in [1.29, 1.82) is 0 Å². The van der Waals surface area contributed by atoms with E-state index in [9.17, 15) is 13.2 Å². The number of amides is 1. The van der Waals surface area contributed by atoms with Crippen LogP contribution >= 0.6 is 23.2 Å². The Bertz CT molecular complexity index is 876. The Morgan fingerprint density at radius 2 is 1.81 bits per heavy atom. The highest BCUT2D eigenvalue weighted by atomic mass is 35.5. The molecule has 0 saturated heterocycles. The summed E-state index contributed by atoms with van der Waals surface area (Å²) < 4.78 is 32.2. The normalized spacial score (nSPS) is 11.2. The van der Waals surface area contributed by atoms with Crippen molar-refractivity contribution in [3.05, 3.63) is 58.6 Å². The van der Waals surface area contributed by atoms with Crippen LogP contribution in [0, 0.1) is 0 Å². The monoisotopic (exact) mass is 430 g/mol. The van der Waals surface area contributed by atoms with Gasteiger partial charge in [0.05, 0.1) is 20.6 Å².